The Kier molecular flexibility index (Phi) is 8.51. The van der Waals surface area contributed by atoms with Gasteiger partial charge in [0.25, 0.3) is 0 Å². The molecular weight excluding hydrogens is 459 g/mol. The van der Waals surface area contributed by atoms with Gasteiger partial charge in [-0.15, -0.1) is 0 Å². The van der Waals surface area contributed by atoms with E-state index in [9.17, 15) is 22.8 Å². The molecule has 2 aliphatic rings. The van der Waals surface area contributed by atoms with Crippen molar-refractivity contribution in [2.45, 2.75) is 39.3 Å². The highest BCUT2D eigenvalue weighted by molar-refractivity contribution is 5.80. The summed E-state index contributed by atoms with van der Waals surface area (Å²) in [6.45, 7) is 6.78. The van der Waals surface area contributed by atoms with Gasteiger partial charge in [0.05, 0.1) is 23.1 Å². The Hall–Kier alpha value is -2.96. The highest BCUT2D eigenvalue weighted by Crippen LogP contribution is 2.40. The molecule has 2 aliphatic heterocycles. The van der Waals surface area contributed by atoms with Crippen LogP contribution in [-0.2, 0) is 11.0 Å². The summed E-state index contributed by atoms with van der Waals surface area (Å²) in [6.07, 6.45) is -2.24. The number of carbonyl (C=O) groups is 2. The predicted octanol–water partition coefficient (Wildman–Crippen LogP) is 3.84. The lowest BCUT2D eigenvalue weighted by atomic mass is 9.78. The normalized spacial score (nSPS) is 21.2. The number of nitrogens with zero attached hydrogens (tertiary/aromatic N) is 3. The van der Waals surface area contributed by atoms with E-state index in [0.29, 0.717) is 44.3 Å². The number of halogens is 3. The molecule has 2 saturated heterocycles. The van der Waals surface area contributed by atoms with Gasteiger partial charge >= 0.3 is 12.2 Å². The molecule has 0 saturated carbocycles. The van der Waals surface area contributed by atoms with Crippen LogP contribution in [0.3, 0.4) is 0 Å². The first-order chi connectivity index (χ1) is 16.5. The number of amides is 3. The molecule has 1 aromatic rings. The summed E-state index contributed by atoms with van der Waals surface area (Å²) in [7, 11) is 1.57. The van der Waals surface area contributed by atoms with Crippen molar-refractivity contribution in [2.75, 3.05) is 44.7 Å². The van der Waals surface area contributed by atoms with Crippen molar-refractivity contribution in [3.8, 4) is 6.07 Å². The highest BCUT2D eigenvalue weighted by Gasteiger charge is 2.43. The van der Waals surface area contributed by atoms with Crippen LogP contribution in [-0.4, -0.2) is 56.6 Å². The number of hydrogen-bond acceptors (Lipinski definition) is 4. The second kappa shape index (κ2) is 11.2. The summed E-state index contributed by atoms with van der Waals surface area (Å²) >= 11 is 0. The fourth-order valence-electron chi connectivity index (χ4n) is 5.15. The second-order valence-corrected chi connectivity index (χ2v) is 9.87. The fraction of sp³-hybridized carbons (Fsp3) is 0.640. The van der Waals surface area contributed by atoms with Gasteiger partial charge < -0.3 is 20.4 Å². The summed E-state index contributed by atoms with van der Waals surface area (Å²) < 4.78 is 40.4. The molecule has 2 N–H and O–H groups in total. The van der Waals surface area contributed by atoms with Crippen molar-refractivity contribution in [1.82, 2.24) is 15.5 Å². The molecule has 35 heavy (non-hydrogen) atoms. The first-order valence-electron chi connectivity index (χ1n) is 12.2. The summed E-state index contributed by atoms with van der Waals surface area (Å²) in [6, 6.07) is 5.25. The standard InChI is InChI=1S/C25H34F3N5O2/c1-16(2)6-9-31-24(35)32-10-7-17(8-11-32)20-14-33(15-21(20)23(34)30-3)19-5-4-18(13-29)22(12-19)25(26,27)28/h4-5,12,16-17,20-21H,6-11,14-15H2,1-3H3,(H,30,34)(H,31,35)/t20-,21+/m0/s1. The van der Waals surface area contributed by atoms with Crippen molar-refractivity contribution in [3.63, 3.8) is 0 Å². The lowest BCUT2D eigenvalue weighted by molar-refractivity contribution is -0.137. The molecule has 192 valence electrons. The largest absolute Gasteiger partial charge is 0.417 e. The van der Waals surface area contributed by atoms with Crippen molar-refractivity contribution >= 4 is 17.6 Å². The van der Waals surface area contributed by atoms with Crippen LogP contribution in [0.25, 0.3) is 0 Å². The third-order valence-corrected chi connectivity index (χ3v) is 7.17. The quantitative estimate of drug-likeness (QED) is 0.630. The molecule has 0 unspecified atom stereocenters. The van der Waals surface area contributed by atoms with Gasteiger partial charge in [-0.3, -0.25) is 4.79 Å². The minimum atomic E-state index is -4.64. The number of likely N-dealkylation sites (tertiary alicyclic amines) is 1. The molecule has 7 nitrogen and oxygen atoms in total. The molecule has 10 heteroatoms. The molecule has 3 amide bonds. The highest BCUT2D eigenvalue weighted by atomic mass is 19.4. The Balaban J connectivity index is 1.70. The van der Waals surface area contributed by atoms with Crippen LogP contribution in [0.1, 0.15) is 44.2 Å². The van der Waals surface area contributed by atoms with E-state index in [1.165, 1.54) is 12.1 Å². The molecule has 0 spiro atoms. The predicted molar refractivity (Wildman–Crippen MR) is 127 cm³/mol. The maximum atomic E-state index is 13.5. The van der Waals surface area contributed by atoms with E-state index < -0.39 is 17.3 Å². The van der Waals surface area contributed by atoms with E-state index in [1.54, 1.807) is 18.0 Å². The van der Waals surface area contributed by atoms with E-state index >= 15 is 0 Å². The number of benzene rings is 1. The number of carbonyl (C=O) groups excluding carboxylic acids is 2. The minimum absolute atomic E-state index is 0.0360. The van der Waals surface area contributed by atoms with E-state index in [0.717, 1.165) is 25.3 Å². The number of anilines is 1. The molecule has 3 rings (SSSR count). The molecule has 2 atom stereocenters. The number of rotatable bonds is 6. The molecule has 2 fully saturated rings. The van der Waals surface area contributed by atoms with Gasteiger partial charge in [0, 0.05) is 45.5 Å². The Morgan fingerprint density at radius 1 is 1.20 bits per heavy atom. The number of nitrogens with one attached hydrogen (secondary N) is 2. The van der Waals surface area contributed by atoms with Gasteiger partial charge in [-0.1, -0.05) is 13.8 Å². The zero-order valence-corrected chi connectivity index (χ0v) is 20.5. The lowest BCUT2D eigenvalue weighted by Gasteiger charge is -2.36. The number of piperidine rings is 1. The van der Waals surface area contributed by atoms with E-state index in [2.05, 4.69) is 24.5 Å². The third-order valence-electron chi connectivity index (χ3n) is 7.17. The number of alkyl halides is 3. The summed E-state index contributed by atoms with van der Waals surface area (Å²) in [5.74, 6) is 0.169. The van der Waals surface area contributed by atoms with Gasteiger partial charge in [0.1, 0.15) is 0 Å². The number of hydrogen-bond donors (Lipinski definition) is 2. The van der Waals surface area contributed by atoms with Gasteiger partial charge in [-0.2, -0.15) is 18.4 Å². The van der Waals surface area contributed by atoms with Crippen molar-refractivity contribution in [3.05, 3.63) is 29.3 Å². The minimum Gasteiger partial charge on any atom is -0.370 e. The summed E-state index contributed by atoms with van der Waals surface area (Å²) in [5, 5.41) is 14.7. The van der Waals surface area contributed by atoms with Crippen LogP contribution < -0.4 is 15.5 Å². The van der Waals surface area contributed by atoms with E-state index in [4.69, 9.17) is 5.26 Å². The Labute approximate surface area is 204 Å². The Bertz CT molecular complexity index is 951. The Morgan fingerprint density at radius 2 is 1.89 bits per heavy atom. The van der Waals surface area contributed by atoms with Crippen LogP contribution in [0, 0.1) is 35.0 Å². The Morgan fingerprint density at radius 3 is 2.46 bits per heavy atom. The average molecular weight is 494 g/mol. The van der Waals surface area contributed by atoms with Crippen LogP contribution in [0.15, 0.2) is 18.2 Å². The van der Waals surface area contributed by atoms with Crippen molar-refractivity contribution in [1.29, 1.82) is 5.26 Å². The van der Waals surface area contributed by atoms with Gasteiger partial charge in [0.2, 0.25) is 5.91 Å². The zero-order chi connectivity index (χ0) is 25.8. The SMILES string of the molecule is CNC(=O)[C@@H]1CN(c2ccc(C#N)c(C(F)(F)F)c2)C[C@H]1C1CCN(C(=O)NCCC(C)C)CC1. The first-order valence-corrected chi connectivity index (χ1v) is 12.2. The topological polar surface area (TPSA) is 88.5 Å². The lowest BCUT2D eigenvalue weighted by Crippen LogP contribution is -2.47. The second-order valence-electron chi connectivity index (χ2n) is 9.87. The zero-order valence-electron chi connectivity index (χ0n) is 20.5. The van der Waals surface area contributed by atoms with Crippen LogP contribution >= 0.6 is 0 Å². The third kappa shape index (κ3) is 6.38. The monoisotopic (exact) mass is 493 g/mol. The smallest absolute Gasteiger partial charge is 0.370 e. The average Bonchev–Trinajstić information content (AvgIpc) is 3.28. The molecule has 0 aromatic heterocycles. The molecule has 0 bridgehead atoms. The van der Waals surface area contributed by atoms with Gasteiger partial charge in [-0.05, 0) is 55.2 Å². The molecule has 2 heterocycles. The molecule has 0 radical (unpaired) electrons. The van der Waals surface area contributed by atoms with E-state index in [1.807, 2.05) is 4.90 Å². The van der Waals surface area contributed by atoms with Crippen LogP contribution in [0.5, 0.6) is 0 Å². The number of urea groups is 1. The maximum Gasteiger partial charge on any atom is 0.417 e. The maximum absolute atomic E-state index is 13.5. The first kappa shape index (κ1) is 26.6. The molecule has 1 aromatic carbocycles. The van der Waals surface area contributed by atoms with E-state index in [-0.39, 0.29) is 29.7 Å². The van der Waals surface area contributed by atoms with Crippen LogP contribution in [0.2, 0.25) is 0 Å². The van der Waals surface area contributed by atoms with Gasteiger partial charge in [0.15, 0.2) is 0 Å². The molecular formula is C25H34F3N5O2. The molecule has 0 aliphatic carbocycles. The van der Waals surface area contributed by atoms with Gasteiger partial charge in [-0.25, -0.2) is 4.79 Å². The fourth-order valence-corrected chi connectivity index (χ4v) is 5.15. The number of nitriles is 1. The van der Waals surface area contributed by atoms with Crippen molar-refractivity contribution in [2.24, 2.45) is 23.7 Å². The summed E-state index contributed by atoms with van der Waals surface area (Å²) in [5.41, 5.74) is -1.03. The summed E-state index contributed by atoms with van der Waals surface area (Å²) in [4.78, 5) is 28.7. The van der Waals surface area contributed by atoms with Crippen LogP contribution in [0.4, 0.5) is 23.7 Å². The van der Waals surface area contributed by atoms with Crippen molar-refractivity contribution < 1.29 is 22.8 Å².